The van der Waals surface area contributed by atoms with Gasteiger partial charge in [-0.3, -0.25) is 4.79 Å². The van der Waals surface area contributed by atoms with Crippen molar-refractivity contribution in [3.05, 3.63) is 15.9 Å². The summed E-state index contributed by atoms with van der Waals surface area (Å²) in [5.74, 6) is -2.00. The molecule has 0 aromatic carbocycles. The van der Waals surface area contributed by atoms with E-state index in [9.17, 15) is 21.6 Å². The van der Waals surface area contributed by atoms with Crippen molar-refractivity contribution in [3.63, 3.8) is 0 Å². The van der Waals surface area contributed by atoms with Crippen LogP contribution in [0, 0.1) is 0 Å². The van der Waals surface area contributed by atoms with E-state index in [2.05, 4.69) is 15.9 Å². The SMILES string of the molecule is O=C(O)CC1CS(=O)(=O)CCN1S(=O)(=O)c1ccc(Br)s1. The van der Waals surface area contributed by atoms with Crippen LogP contribution >= 0.6 is 27.3 Å². The highest BCUT2D eigenvalue weighted by Crippen LogP contribution is 2.31. The van der Waals surface area contributed by atoms with Crippen LogP contribution in [0.15, 0.2) is 20.1 Å². The molecule has 1 unspecified atom stereocenters. The summed E-state index contributed by atoms with van der Waals surface area (Å²) in [6, 6.07) is 1.90. The molecule has 0 aliphatic carbocycles. The molecule has 7 nitrogen and oxygen atoms in total. The van der Waals surface area contributed by atoms with Crippen molar-refractivity contribution in [1.82, 2.24) is 4.31 Å². The van der Waals surface area contributed by atoms with Crippen LogP contribution in [0.1, 0.15) is 6.42 Å². The Balaban J connectivity index is 2.37. The molecule has 0 saturated carbocycles. The van der Waals surface area contributed by atoms with Crippen molar-refractivity contribution in [2.45, 2.75) is 16.7 Å². The number of sulfonamides is 1. The van der Waals surface area contributed by atoms with Gasteiger partial charge in [0.05, 0.1) is 21.7 Å². The van der Waals surface area contributed by atoms with E-state index in [4.69, 9.17) is 5.11 Å². The van der Waals surface area contributed by atoms with E-state index in [1.165, 1.54) is 6.07 Å². The number of carboxylic acids is 1. The van der Waals surface area contributed by atoms with Gasteiger partial charge in [0.15, 0.2) is 9.84 Å². The fourth-order valence-corrected chi connectivity index (χ4v) is 7.60. The lowest BCUT2D eigenvalue weighted by atomic mass is 10.2. The van der Waals surface area contributed by atoms with Gasteiger partial charge >= 0.3 is 5.97 Å². The van der Waals surface area contributed by atoms with Gasteiger partial charge in [-0.05, 0) is 28.1 Å². The number of hydrogen-bond donors (Lipinski definition) is 1. The number of halogens is 1. The number of nitrogens with zero attached hydrogens (tertiary/aromatic N) is 1. The van der Waals surface area contributed by atoms with Gasteiger partial charge in [0.2, 0.25) is 0 Å². The van der Waals surface area contributed by atoms with Crippen LogP contribution in [0.5, 0.6) is 0 Å². The van der Waals surface area contributed by atoms with E-state index in [0.29, 0.717) is 3.79 Å². The first-order valence-electron chi connectivity index (χ1n) is 5.81. The second-order valence-electron chi connectivity index (χ2n) is 4.54. The van der Waals surface area contributed by atoms with Crippen LogP contribution in [0.4, 0.5) is 0 Å². The first-order valence-corrected chi connectivity index (χ1v) is 10.7. The molecule has 0 amide bonds. The molecule has 0 radical (unpaired) electrons. The summed E-state index contributed by atoms with van der Waals surface area (Å²) in [5.41, 5.74) is 0. The van der Waals surface area contributed by atoms with Gasteiger partial charge in [0.25, 0.3) is 10.0 Å². The monoisotopic (exact) mass is 417 g/mol. The van der Waals surface area contributed by atoms with Crippen molar-refractivity contribution in [1.29, 1.82) is 0 Å². The maximum atomic E-state index is 12.5. The van der Waals surface area contributed by atoms with Gasteiger partial charge in [-0.2, -0.15) is 4.31 Å². The van der Waals surface area contributed by atoms with E-state index in [-0.39, 0.29) is 16.5 Å². The minimum Gasteiger partial charge on any atom is -0.481 e. The zero-order valence-electron chi connectivity index (χ0n) is 10.6. The average Bonchev–Trinajstić information content (AvgIpc) is 2.74. The summed E-state index contributed by atoms with van der Waals surface area (Å²) in [6.07, 6.45) is -0.537. The summed E-state index contributed by atoms with van der Waals surface area (Å²) >= 11 is 4.17. The first kappa shape index (κ1) is 16.9. The van der Waals surface area contributed by atoms with Gasteiger partial charge in [-0.15, -0.1) is 11.3 Å². The molecule has 118 valence electrons. The molecule has 1 fully saturated rings. The van der Waals surface area contributed by atoms with E-state index < -0.39 is 44.0 Å². The lowest BCUT2D eigenvalue weighted by Gasteiger charge is -2.33. The molecule has 1 aliphatic heterocycles. The van der Waals surface area contributed by atoms with Crippen molar-refractivity contribution in [2.75, 3.05) is 18.1 Å². The highest BCUT2D eigenvalue weighted by molar-refractivity contribution is 9.11. The molecule has 2 rings (SSSR count). The Bertz CT molecular complexity index is 754. The Kier molecular flexibility index (Phi) is 4.78. The van der Waals surface area contributed by atoms with Crippen LogP contribution in [-0.4, -0.2) is 56.3 Å². The first-order chi connectivity index (χ1) is 9.62. The Hall–Kier alpha value is -0.490. The number of sulfone groups is 1. The Morgan fingerprint density at radius 1 is 1.48 bits per heavy atom. The summed E-state index contributed by atoms with van der Waals surface area (Å²) in [4.78, 5) is 10.9. The molecule has 0 bridgehead atoms. The Labute approximate surface area is 134 Å². The van der Waals surface area contributed by atoms with Crippen molar-refractivity contribution in [2.24, 2.45) is 0 Å². The predicted molar refractivity (Wildman–Crippen MR) is 80.6 cm³/mol. The highest BCUT2D eigenvalue weighted by Gasteiger charge is 2.40. The highest BCUT2D eigenvalue weighted by atomic mass is 79.9. The van der Waals surface area contributed by atoms with Crippen LogP contribution < -0.4 is 0 Å². The summed E-state index contributed by atoms with van der Waals surface area (Å²) in [6.45, 7) is -0.224. The quantitative estimate of drug-likeness (QED) is 0.774. The summed E-state index contributed by atoms with van der Waals surface area (Å²) < 4.78 is 50.0. The molecule has 1 saturated heterocycles. The van der Waals surface area contributed by atoms with Crippen LogP contribution in [-0.2, 0) is 24.7 Å². The maximum absolute atomic E-state index is 12.5. The smallest absolute Gasteiger partial charge is 0.305 e. The topological polar surface area (TPSA) is 109 Å². The van der Waals surface area contributed by atoms with Crippen molar-refractivity contribution >= 4 is 53.1 Å². The molecule has 1 aromatic rings. The van der Waals surface area contributed by atoms with E-state index in [1.807, 2.05) is 0 Å². The van der Waals surface area contributed by atoms with Crippen molar-refractivity contribution in [3.8, 4) is 0 Å². The second-order valence-corrected chi connectivity index (χ2v) is 11.3. The molecule has 21 heavy (non-hydrogen) atoms. The normalized spacial score (nSPS) is 23.0. The van der Waals surface area contributed by atoms with Crippen molar-refractivity contribution < 1.29 is 26.7 Å². The fourth-order valence-electron chi connectivity index (χ4n) is 2.10. The molecule has 1 atom stereocenters. The van der Waals surface area contributed by atoms with E-state index >= 15 is 0 Å². The zero-order valence-corrected chi connectivity index (χ0v) is 14.6. The van der Waals surface area contributed by atoms with Gasteiger partial charge in [-0.25, -0.2) is 16.8 Å². The Morgan fingerprint density at radius 3 is 2.67 bits per heavy atom. The number of hydrogen-bond acceptors (Lipinski definition) is 6. The molecule has 2 heterocycles. The Morgan fingerprint density at radius 2 is 2.14 bits per heavy atom. The predicted octanol–water partition coefficient (Wildman–Crippen LogP) is 0.773. The second kappa shape index (κ2) is 5.95. The fraction of sp³-hybridized carbons (Fsp3) is 0.500. The van der Waals surface area contributed by atoms with Gasteiger partial charge in [-0.1, -0.05) is 0 Å². The van der Waals surface area contributed by atoms with Gasteiger partial charge in [0, 0.05) is 12.6 Å². The average molecular weight is 418 g/mol. The molecular formula is C10H12BrNO6S3. The molecule has 11 heteroatoms. The molecule has 1 aromatic heterocycles. The third-order valence-electron chi connectivity index (χ3n) is 3.00. The summed E-state index contributed by atoms with van der Waals surface area (Å²) in [7, 11) is -7.32. The minimum atomic E-state index is -3.89. The minimum absolute atomic E-state index is 0.0593. The molecule has 1 N–H and O–H groups in total. The van der Waals surface area contributed by atoms with E-state index in [1.54, 1.807) is 6.07 Å². The number of rotatable bonds is 4. The zero-order chi connectivity index (χ0) is 15.8. The number of aliphatic carboxylic acids is 1. The maximum Gasteiger partial charge on any atom is 0.305 e. The number of carbonyl (C=O) groups is 1. The van der Waals surface area contributed by atoms with Gasteiger partial charge in [0.1, 0.15) is 4.21 Å². The van der Waals surface area contributed by atoms with Crippen LogP contribution in [0.2, 0.25) is 0 Å². The third kappa shape index (κ3) is 3.83. The van der Waals surface area contributed by atoms with Gasteiger partial charge < -0.3 is 5.11 Å². The standard InChI is InChI=1S/C10H12BrNO6S3/c11-8-1-2-10(19-8)21(17,18)12-3-4-20(15,16)6-7(12)5-9(13)14/h1-2,7H,3-6H2,(H,13,14). The van der Waals surface area contributed by atoms with E-state index in [0.717, 1.165) is 15.6 Å². The molecule has 0 spiro atoms. The molecule has 1 aliphatic rings. The summed E-state index contributed by atoms with van der Waals surface area (Å²) in [5, 5.41) is 8.87. The van der Waals surface area contributed by atoms with Crippen LogP contribution in [0.3, 0.4) is 0 Å². The number of thiophene rings is 1. The largest absolute Gasteiger partial charge is 0.481 e. The third-order valence-corrected chi connectivity index (χ3v) is 8.74. The lowest BCUT2D eigenvalue weighted by Crippen LogP contribution is -2.51. The number of carboxylic acid groups (broad SMARTS) is 1. The molecular weight excluding hydrogens is 406 g/mol. The van der Waals surface area contributed by atoms with Crippen LogP contribution in [0.25, 0.3) is 0 Å². The lowest BCUT2D eigenvalue weighted by molar-refractivity contribution is -0.137.